The first-order valence-corrected chi connectivity index (χ1v) is 5.85. The van der Waals surface area contributed by atoms with E-state index in [-0.39, 0.29) is 5.91 Å². The van der Waals surface area contributed by atoms with Gasteiger partial charge in [0.2, 0.25) is 10.3 Å². The molecule has 1 amide bonds. The maximum atomic E-state index is 11.9. The summed E-state index contributed by atoms with van der Waals surface area (Å²) < 4.78 is 1.54. The molecule has 3 N–H and O–H groups in total. The van der Waals surface area contributed by atoms with Crippen LogP contribution in [0.2, 0.25) is 0 Å². The number of nitrogen functional groups attached to an aromatic ring is 1. The van der Waals surface area contributed by atoms with Crippen molar-refractivity contribution in [2.24, 2.45) is 7.05 Å². The van der Waals surface area contributed by atoms with Crippen LogP contribution in [0.4, 0.5) is 10.3 Å². The molecule has 2 rings (SSSR count). The highest BCUT2D eigenvalue weighted by molar-refractivity contribution is 7.19. The lowest BCUT2D eigenvalue weighted by Crippen LogP contribution is -2.15. The molecule has 0 aromatic carbocycles. The van der Waals surface area contributed by atoms with E-state index in [0.29, 0.717) is 16.0 Å². The minimum absolute atomic E-state index is 0.268. The third-order valence-electron chi connectivity index (χ3n) is 2.19. The van der Waals surface area contributed by atoms with Crippen molar-refractivity contribution in [3.63, 3.8) is 0 Å². The number of amides is 1. The highest BCUT2D eigenvalue weighted by atomic mass is 32.1. The average molecular weight is 252 g/mol. The van der Waals surface area contributed by atoms with Gasteiger partial charge in [-0.3, -0.25) is 14.8 Å². The highest BCUT2D eigenvalue weighted by Crippen LogP contribution is 2.17. The summed E-state index contributed by atoms with van der Waals surface area (Å²) in [5.74, 6) is -0.268. The molecule has 2 aromatic heterocycles. The summed E-state index contributed by atoms with van der Waals surface area (Å²) in [6.45, 7) is 1.98. The molecular weight excluding hydrogens is 240 g/mol. The molecule has 0 aliphatic heterocycles. The Hall–Kier alpha value is -1.96. The fourth-order valence-corrected chi connectivity index (χ4v) is 1.86. The van der Waals surface area contributed by atoms with Gasteiger partial charge in [-0.25, -0.2) is 0 Å². The zero-order valence-electron chi connectivity index (χ0n) is 9.47. The number of nitrogens with zero attached hydrogens (tertiary/aromatic N) is 4. The average Bonchev–Trinajstić information content (AvgIpc) is 2.85. The number of hydrogen-bond donors (Lipinski definition) is 2. The predicted molar refractivity (Wildman–Crippen MR) is 64.9 cm³/mol. The molecule has 0 aliphatic carbocycles. The first kappa shape index (κ1) is 11.5. The fraction of sp³-hybridized carbons (Fsp3) is 0.333. The Morgan fingerprint density at radius 2 is 2.35 bits per heavy atom. The molecular formula is C9H12N6OS. The Morgan fingerprint density at radius 3 is 2.88 bits per heavy atom. The molecule has 0 saturated heterocycles. The Balaban J connectivity index is 2.16. The van der Waals surface area contributed by atoms with Gasteiger partial charge in [-0.05, 0) is 12.5 Å². The number of nitrogens with two attached hydrogens (primary N) is 1. The zero-order chi connectivity index (χ0) is 12.4. The summed E-state index contributed by atoms with van der Waals surface area (Å²) >= 11 is 1.12. The van der Waals surface area contributed by atoms with E-state index in [1.165, 1.54) is 0 Å². The van der Waals surface area contributed by atoms with Crippen LogP contribution < -0.4 is 11.1 Å². The minimum Gasteiger partial charge on any atom is -0.374 e. The van der Waals surface area contributed by atoms with Crippen molar-refractivity contribution in [2.75, 3.05) is 11.1 Å². The molecule has 0 fully saturated rings. The first-order chi connectivity index (χ1) is 8.10. The summed E-state index contributed by atoms with van der Waals surface area (Å²) in [6.07, 6.45) is 0.785. The molecule has 90 valence electrons. The molecule has 0 radical (unpaired) electrons. The Morgan fingerprint density at radius 1 is 1.59 bits per heavy atom. The Bertz CT molecular complexity index is 545. The van der Waals surface area contributed by atoms with Gasteiger partial charge < -0.3 is 5.73 Å². The van der Waals surface area contributed by atoms with Gasteiger partial charge in [0.25, 0.3) is 5.91 Å². The van der Waals surface area contributed by atoms with Crippen molar-refractivity contribution >= 4 is 27.5 Å². The van der Waals surface area contributed by atoms with Crippen LogP contribution in [0.15, 0.2) is 6.07 Å². The number of rotatable bonds is 3. The SMILES string of the molecule is CCc1cc(C(=O)Nc2nnc(N)s2)n(C)n1. The molecule has 8 heteroatoms. The van der Waals surface area contributed by atoms with Gasteiger partial charge in [-0.2, -0.15) is 5.10 Å². The van der Waals surface area contributed by atoms with E-state index >= 15 is 0 Å². The molecule has 17 heavy (non-hydrogen) atoms. The van der Waals surface area contributed by atoms with E-state index in [1.807, 2.05) is 6.92 Å². The molecule has 0 unspecified atom stereocenters. The standard InChI is InChI=1S/C9H12N6OS/c1-3-5-4-6(15(2)14-5)7(16)11-9-13-12-8(10)17-9/h4H,3H2,1-2H3,(H2,10,12)(H,11,13,16). The molecule has 0 aliphatic rings. The Kier molecular flexibility index (Phi) is 3.05. The van der Waals surface area contributed by atoms with Crippen LogP contribution in [0.3, 0.4) is 0 Å². The van der Waals surface area contributed by atoms with Gasteiger partial charge in [0.1, 0.15) is 5.69 Å². The predicted octanol–water partition coefficient (Wildman–Crippen LogP) is 0.669. The molecule has 0 bridgehead atoms. The maximum absolute atomic E-state index is 11.9. The van der Waals surface area contributed by atoms with E-state index < -0.39 is 0 Å². The molecule has 0 spiro atoms. The second-order valence-corrected chi connectivity index (χ2v) is 4.41. The van der Waals surface area contributed by atoms with Gasteiger partial charge in [0.15, 0.2) is 0 Å². The van der Waals surface area contributed by atoms with Gasteiger partial charge >= 0.3 is 0 Å². The van der Waals surface area contributed by atoms with Crippen LogP contribution in [0.25, 0.3) is 0 Å². The van der Waals surface area contributed by atoms with Crippen LogP contribution in [0, 0.1) is 0 Å². The summed E-state index contributed by atoms with van der Waals surface area (Å²) in [5, 5.41) is 14.9. The molecule has 0 atom stereocenters. The third-order valence-corrected chi connectivity index (χ3v) is 2.85. The van der Waals surface area contributed by atoms with E-state index in [4.69, 9.17) is 5.73 Å². The topological polar surface area (TPSA) is 98.7 Å². The number of nitrogens with one attached hydrogen (secondary N) is 1. The normalized spacial score (nSPS) is 10.5. The van der Waals surface area contributed by atoms with Crippen molar-refractivity contribution in [1.82, 2.24) is 20.0 Å². The second kappa shape index (κ2) is 4.50. The van der Waals surface area contributed by atoms with E-state index in [2.05, 4.69) is 20.6 Å². The van der Waals surface area contributed by atoms with E-state index in [0.717, 1.165) is 23.5 Å². The van der Waals surface area contributed by atoms with Gasteiger partial charge in [-0.15, -0.1) is 10.2 Å². The third kappa shape index (κ3) is 2.41. The molecule has 0 saturated carbocycles. The molecule has 7 nitrogen and oxygen atoms in total. The second-order valence-electron chi connectivity index (χ2n) is 3.40. The zero-order valence-corrected chi connectivity index (χ0v) is 10.3. The monoisotopic (exact) mass is 252 g/mol. The number of hydrogen-bond acceptors (Lipinski definition) is 6. The van der Waals surface area contributed by atoms with Gasteiger partial charge in [0, 0.05) is 7.05 Å². The largest absolute Gasteiger partial charge is 0.374 e. The van der Waals surface area contributed by atoms with Crippen LogP contribution in [-0.4, -0.2) is 25.9 Å². The number of carbonyl (C=O) groups is 1. The van der Waals surface area contributed by atoms with Crippen molar-refractivity contribution in [1.29, 1.82) is 0 Å². The molecule has 2 aromatic rings. The number of aromatic nitrogens is 4. The maximum Gasteiger partial charge on any atom is 0.275 e. The van der Waals surface area contributed by atoms with Crippen LogP contribution >= 0.6 is 11.3 Å². The van der Waals surface area contributed by atoms with Crippen LogP contribution in [-0.2, 0) is 13.5 Å². The molecule has 2 heterocycles. The number of anilines is 2. The van der Waals surface area contributed by atoms with Crippen molar-refractivity contribution in [2.45, 2.75) is 13.3 Å². The summed E-state index contributed by atoms with van der Waals surface area (Å²) in [5.41, 5.74) is 6.78. The minimum atomic E-state index is -0.268. The summed E-state index contributed by atoms with van der Waals surface area (Å²) in [7, 11) is 1.72. The number of carbonyl (C=O) groups excluding carboxylic acids is 1. The van der Waals surface area contributed by atoms with Crippen LogP contribution in [0.1, 0.15) is 23.1 Å². The highest BCUT2D eigenvalue weighted by Gasteiger charge is 2.14. The van der Waals surface area contributed by atoms with Crippen molar-refractivity contribution in [3.05, 3.63) is 17.5 Å². The lowest BCUT2D eigenvalue weighted by molar-refractivity contribution is 0.101. The lowest BCUT2D eigenvalue weighted by Gasteiger charge is -2.00. The summed E-state index contributed by atoms with van der Waals surface area (Å²) in [6, 6.07) is 1.75. The lowest BCUT2D eigenvalue weighted by atomic mass is 10.3. The smallest absolute Gasteiger partial charge is 0.275 e. The number of aryl methyl sites for hydroxylation is 2. The van der Waals surface area contributed by atoms with Gasteiger partial charge in [0.05, 0.1) is 5.69 Å². The summed E-state index contributed by atoms with van der Waals surface area (Å²) in [4.78, 5) is 11.9. The van der Waals surface area contributed by atoms with E-state index in [1.54, 1.807) is 17.8 Å². The van der Waals surface area contributed by atoms with Gasteiger partial charge in [-0.1, -0.05) is 18.3 Å². The fourth-order valence-electron chi connectivity index (χ4n) is 1.36. The Labute approximate surface area is 102 Å². The van der Waals surface area contributed by atoms with Crippen LogP contribution in [0.5, 0.6) is 0 Å². The quantitative estimate of drug-likeness (QED) is 0.836. The van der Waals surface area contributed by atoms with Crippen molar-refractivity contribution < 1.29 is 4.79 Å². The first-order valence-electron chi connectivity index (χ1n) is 5.03. The van der Waals surface area contributed by atoms with E-state index in [9.17, 15) is 4.79 Å². The van der Waals surface area contributed by atoms with Crippen molar-refractivity contribution in [3.8, 4) is 0 Å².